The van der Waals surface area contributed by atoms with Gasteiger partial charge in [-0.05, 0) is 30.2 Å². The molecule has 0 aliphatic rings. The molecule has 17 heavy (non-hydrogen) atoms. The van der Waals surface area contributed by atoms with E-state index in [0.717, 1.165) is 5.56 Å². The van der Waals surface area contributed by atoms with Gasteiger partial charge in [0.25, 0.3) is 0 Å². The molecule has 3 nitrogen and oxygen atoms in total. The summed E-state index contributed by atoms with van der Waals surface area (Å²) in [5, 5.41) is 4.03. The molecular weight excluding hydrogens is 259 g/mol. The summed E-state index contributed by atoms with van der Waals surface area (Å²) in [6.07, 6.45) is 0.698. The first-order valence-electron chi connectivity index (χ1n) is 5.45. The minimum atomic E-state index is -0.155. The van der Waals surface area contributed by atoms with Gasteiger partial charge in [-0.2, -0.15) is 0 Å². The van der Waals surface area contributed by atoms with Gasteiger partial charge in [0, 0.05) is 29.1 Å². The summed E-state index contributed by atoms with van der Waals surface area (Å²) in [5.74, 6) is -0.182. The average Bonchev–Trinajstić information content (AvgIpc) is 2.26. The van der Waals surface area contributed by atoms with Crippen LogP contribution in [0.1, 0.15) is 12.5 Å². The Morgan fingerprint density at radius 3 is 2.47 bits per heavy atom. The molecular formula is C12H16Cl2N2O. The number of nitrogens with one attached hydrogen (secondary N) is 1. The molecule has 0 aliphatic carbocycles. The smallest absolute Gasteiger partial charge is 0.224 e. The van der Waals surface area contributed by atoms with Gasteiger partial charge in [-0.15, -0.1) is 0 Å². The number of carbonyl (C=O) groups excluding carboxylic acids is 1. The Morgan fingerprint density at radius 1 is 1.35 bits per heavy atom. The van der Waals surface area contributed by atoms with Gasteiger partial charge in [-0.1, -0.05) is 30.1 Å². The number of nitrogens with two attached hydrogens (primary N) is 1. The summed E-state index contributed by atoms with van der Waals surface area (Å²) in [5.41, 5.74) is 6.40. The maximum atomic E-state index is 11.5. The lowest BCUT2D eigenvalue weighted by Crippen LogP contribution is -2.34. The van der Waals surface area contributed by atoms with E-state index in [-0.39, 0.29) is 11.8 Å². The standard InChI is InChI=1S/C12H16Cl2N2O/c1-8(7-15)12(17)16-3-2-9-4-10(13)6-11(14)5-9/h4-6,8H,2-3,7,15H2,1H3,(H,16,17). The molecule has 1 aromatic carbocycles. The van der Waals surface area contributed by atoms with Crippen LogP contribution in [-0.2, 0) is 11.2 Å². The van der Waals surface area contributed by atoms with E-state index in [4.69, 9.17) is 28.9 Å². The Bertz CT molecular complexity index is 376. The number of benzene rings is 1. The molecule has 0 heterocycles. The highest BCUT2D eigenvalue weighted by molar-refractivity contribution is 6.34. The molecule has 1 rings (SSSR count). The van der Waals surface area contributed by atoms with Crippen molar-refractivity contribution in [3.8, 4) is 0 Å². The monoisotopic (exact) mass is 274 g/mol. The lowest BCUT2D eigenvalue weighted by Gasteiger charge is -2.10. The van der Waals surface area contributed by atoms with Crippen molar-refractivity contribution in [1.82, 2.24) is 5.32 Å². The lowest BCUT2D eigenvalue weighted by molar-refractivity contribution is -0.124. The van der Waals surface area contributed by atoms with Gasteiger partial charge in [0.2, 0.25) is 5.91 Å². The van der Waals surface area contributed by atoms with Gasteiger partial charge >= 0.3 is 0 Å². The first-order chi connectivity index (χ1) is 8.02. The van der Waals surface area contributed by atoms with Gasteiger partial charge in [0.15, 0.2) is 0 Å². The van der Waals surface area contributed by atoms with Crippen LogP contribution in [0.3, 0.4) is 0 Å². The molecule has 0 saturated carbocycles. The van der Waals surface area contributed by atoms with E-state index in [2.05, 4.69) is 5.32 Å². The highest BCUT2D eigenvalue weighted by Gasteiger charge is 2.09. The molecule has 0 saturated heterocycles. The number of amides is 1. The first kappa shape index (κ1) is 14.3. The van der Waals surface area contributed by atoms with Crippen molar-refractivity contribution in [2.75, 3.05) is 13.1 Å². The summed E-state index contributed by atoms with van der Waals surface area (Å²) < 4.78 is 0. The zero-order chi connectivity index (χ0) is 12.8. The van der Waals surface area contributed by atoms with Crippen molar-refractivity contribution in [2.24, 2.45) is 11.7 Å². The molecule has 1 aromatic rings. The molecule has 5 heteroatoms. The second-order valence-electron chi connectivity index (χ2n) is 3.96. The zero-order valence-electron chi connectivity index (χ0n) is 9.67. The third kappa shape index (κ3) is 4.94. The van der Waals surface area contributed by atoms with Crippen LogP contribution in [0, 0.1) is 5.92 Å². The molecule has 0 spiro atoms. The van der Waals surface area contributed by atoms with Crippen LogP contribution in [0.2, 0.25) is 10.0 Å². The highest BCUT2D eigenvalue weighted by atomic mass is 35.5. The Balaban J connectivity index is 2.43. The topological polar surface area (TPSA) is 55.1 Å². The summed E-state index contributed by atoms with van der Waals surface area (Å²) in [6, 6.07) is 5.36. The van der Waals surface area contributed by atoms with Crippen molar-refractivity contribution in [1.29, 1.82) is 0 Å². The van der Waals surface area contributed by atoms with Gasteiger partial charge < -0.3 is 11.1 Å². The minimum Gasteiger partial charge on any atom is -0.355 e. The van der Waals surface area contributed by atoms with E-state index in [9.17, 15) is 4.79 Å². The van der Waals surface area contributed by atoms with Gasteiger partial charge in [-0.3, -0.25) is 4.79 Å². The number of halogens is 2. The molecule has 0 aromatic heterocycles. The quantitative estimate of drug-likeness (QED) is 0.866. The fraction of sp³-hybridized carbons (Fsp3) is 0.417. The second kappa shape index (κ2) is 6.84. The van der Waals surface area contributed by atoms with Crippen LogP contribution in [-0.4, -0.2) is 19.0 Å². The molecule has 0 aliphatic heterocycles. The molecule has 1 unspecified atom stereocenters. The fourth-order valence-corrected chi connectivity index (χ4v) is 1.94. The lowest BCUT2D eigenvalue weighted by atomic mass is 10.1. The molecule has 0 fully saturated rings. The SMILES string of the molecule is CC(CN)C(=O)NCCc1cc(Cl)cc(Cl)c1. The first-order valence-corrected chi connectivity index (χ1v) is 6.21. The van der Waals surface area contributed by atoms with Crippen LogP contribution < -0.4 is 11.1 Å². The minimum absolute atomic E-state index is 0.0272. The van der Waals surface area contributed by atoms with Crippen molar-refractivity contribution in [3.05, 3.63) is 33.8 Å². The largest absolute Gasteiger partial charge is 0.355 e. The van der Waals surface area contributed by atoms with E-state index < -0.39 is 0 Å². The van der Waals surface area contributed by atoms with E-state index in [0.29, 0.717) is 29.6 Å². The molecule has 0 radical (unpaired) electrons. The maximum absolute atomic E-state index is 11.5. The van der Waals surface area contributed by atoms with E-state index in [1.807, 2.05) is 12.1 Å². The second-order valence-corrected chi connectivity index (χ2v) is 4.83. The number of hydrogen-bond donors (Lipinski definition) is 2. The molecule has 3 N–H and O–H groups in total. The zero-order valence-corrected chi connectivity index (χ0v) is 11.2. The number of carbonyl (C=O) groups is 1. The Morgan fingerprint density at radius 2 is 1.94 bits per heavy atom. The van der Waals surface area contributed by atoms with E-state index >= 15 is 0 Å². The molecule has 0 bridgehead atoms. The van der Waals surface area contributed by atoms with Crippen LogP contribution in [0.15, 0.2) is 18.2 Å². The predicted octanol–water partition coefficient (Wildman–Crippen LogP) is 2.25. The number of hydrogen-bond acceptors (Lipinski definition) is 2. The average molecular weight is 275 g/mol. The molecule has 1 amide bonds. The summed E-state index contributed by atoms with van der Waals surface area (Å²) in [6.45, 7) is 2.71. The van der Waals surface area contributed by atoms with E-state index in [1.165, 1.54) is 0 Å². The Kier molecular flexibility index (Phi) is 5.75. The summed E-state index contributed by atoms with van der Waals surface area (Å²) >= 11 is 11.8. The Hall–Kier alpha value is -0.770. The third-order valence-corrected chi connectivity index (χ3v) is 2.87. The summed E-state index contributed by atoms with van der Waals surface area (Å²) in [4.78, 5) is 11.5. The van der Waals surface area contributed by atoms with Crippen LogP contribution in [0.4, 0.5) is 0 Å². The summed E-state index contributed by atoms with van der Waals surface area (Å²) in [7, 11) is 0. The van der Waals surface area contributed by atoms with Crippen LogP contribution in [0.5, 0.6) is 0 Å². The van der Waals surface area contributed by atoms with Crippen LogP contribution >= 0.6 is 23.2 Å². The predicted molar refractivity (Wildman–Crippen MR) is 71.4 cm³/mol. The fourth-order valence-electron chi connectivity index (χ4n) is 1.37. The van der Waals surface area contributed by atoms with Crippen molar-refractivity contribution >= 4 is 29.1 Å². The van der Waals surface area contributed by atoms with Crippen LogP contribution in [0.25, 0.3) is 0 Å². The van der Waals surface area contributed by atoms with Gasteiger partial charge in [0.05, 0.1) is 0 Å². The highest BCUT2D eigenvalue weighted by Crippen LogP contribution is 2.19. The number of rotatable bonds is 5. The van der Waals surface area contributed by atoms with E-state index in [1.54, 1.807) is 13.0 Å². The Labute approximate surface area is 111 Å². The normalized spacial score (nSPS) is 12.2. The van der Waals surface area contributed by atoms with Crippen molar-refractivity contribution in [3.63, 3.8) is 0 Å². The van der Waals surface area contributed by atoms with Gasteiger partial charge in [-0.25, -0.2) is 0 Å². The van der Waals surface area contributed by atoms with Gasteiger partial charge in [0.1, 0.15) is 0 Å². The molecule has 1 atom stereocenters. The van der Waals surface area contributed by atoms with Crippen molar-refractivity contribution < 1.29 is 4.79 Å². The van der Waals surface area contributed by atoms with Crippen molar-refractivity contribution in [2.45, 2.75) is 13.3 Å². The third-order valence-electron chi connectivity index (χ3n) is 2.44. The molecule has 94 valence electrons. The maximum Gasteiger partial charge on any atom is 0.224 e.